The van der Waals surface area contributed by atoms with Gasteiger partial charge in [0.15, 0.2) is 0 Å². The van der Waals surface area contributed by atoms with Gasteiger partial charge in [0, 0.05) is 41.0 Å². The third-order valence-corrected chi connectivity index (χ3v) is 3.68. The number of hydrogen-bond acceptors (Lipinski definition) is 4. The maximum Gasteiger partial charge on any atom is 0.252 e. The third-order valence-electron chi connectivity index (χ3n) is 3.68. The molecule has 22 heavy (non-hydrogen) atoms. The standard InChI is InChI=1S/C16H17N5O/c1-10-8-15(22)19-16(18-10)20-17-9-13-11(2)21(3)14-7-5-4-6-12(13)14/h4-9H,1-3H3,(H2,18,19,20,22)/b17-9-. The fraction of sp³-hybridized carbons (Fsp3) is 0.188. The summed E-state index contributed by atoms with van der Waals surface area (Å²) in [5, 5.41) is 5.34. The van der Waals surface area contributed by atoms with Crippen molar-refractivity contribution >= 4 is 23.1 Å². The lowest BCUT2D eigenvalue weighted by Gasteiger charge is -2.00. The average molecular weight is 295 g/mol. The number of hydrogen-bond donors (Lipinski definition) is 2. The second-order valence-electron chi connectivity index (χ2n) is 5.18. The molecular formula is C16H17N5O. The molecule has 3 rings (SSSR count). The molecule has 2 heterocycles. The van der Waals surface area contributed by atoms with Crippen LogP contribution >= 0.6 is 0 Å². The molecule has 0 saturated carbocycles. The van der Waals surface area contributed by atoms with E-state index in [0.717, 1.165) is 22.2 Å². The number of H-pyrrole nitrogens is 1. The number of fused-ring (bicyclic) bond motifs is 1. The van der Waals surface area contributed by atoms with Gasteiger partial charge in [-0.15, -0.1) is 0 Å². The number of aromatic nitrogens is 3. The molecule has 2 N–H and O–H groups in total. The van der Waals surface area contributed by atoms with Crippen molar-refractivity contribution in [1.82, 2.24) is 14.5 Å². The molecule has 0 saturated heterocycles. The smallest absolute Gasteiger partial charge is 0.252 e. The van der Waals surface area contributed by atoms with E-state index >= 15 is 0 Å². The van der Waals surface area contributed by atoms with Crippen molar-refractivity contribution in [2.45, 2.75) is 13.8 Å². The number of aryl methyl sites for hydroxylation is 2. The zero-order valence-electron chi connectivity index (χ0n) is 12.7. The summed E-state index contributed by atoms with van der Waals surface area (Å²) in [4.78, 5) is 18.1. The fourth-order valence-electron chi connectivity index (χ4n) is 2.50. The quantitative estimate of drug-likeness (QED) is 0.575. The Balaban J connectivity index is 1.93. The van der Waals surface area contributed by atoms with Crippen molar-refractivity contribution in [2.24, 2.45) is 12.1 Å². The molecule has 6 nitrogen and oxygen atoms in total. The first-order valence-corrected chi connectivity index (χ1v) is 6.97. The summed E-state index contributed by atoms with van der Waals surface area (Å²) < 4.78 is 2.13. The van der Waals surface area contributed by atoms with Crippen molar-refractivity contribution in [3.63, 3.8) is 0 Å². The predicted molar refractivity (Wildman–Crippen MR) is 88.5 cm³/mol. The Labute approximate surface area is 127 Å². The molecule has 0 atom stereocenters. The van der Waals surface area contributed by atoms with Gasteiger partial charge in [-0.25, -0.2) is 10.4 Å². The highest BCUT2D eigenvalue weighted by Gasteiger charge is 2.09. The summed E-state index contributed by atoms with van der Waals surface area (Å²) in [7, 11) is 2.03. The second-order valence-corrected chi connectivity index (χ2v) is 5.18. The van der Waals surface area contributed by atoms with Crippen molar-refractivity contribution in [3.8, 4) is 0 Å². The summed E-state index contributed by atoms with van der Waals surface area (Å²) in [5.74, 6) is 0.333. The highest BCUT2D eigenvalue weighted by molar-refractivity contribution is 6.01. The first-order chi connectivity index (χ1) is 10.6. The molecule has 0 aliphatic rings. The molecule has 2 aromatic heterocycles. The Bertz CT molecular complexity index is 920. The summed E-state index contributed by atoms with van der Waals surface area (Å²) in [6.07, 6.45) is 1.75. The van der Waals surface area contributed by atoms with E-state index in [2.05, 4.69) is 37.2 Å². The van der Waals surface area contributed by atoms with E-state index in [9.17, 15) is 4.79 Å². The Morgan fingerprint density at radius 2 is 2.09 bits per heavy atom. The number of nitrogens with zero attached hydrogens (tertiary/aromatic N) is 3. The zero-order chi connectivity index (χ0) is 15.7. The summed E-state index contributed by atoms with van der Waals surface area (Å²) >= 11 is 0. The number of anilines is 1. The number of hydrazone groups is 1. The van der Waals surface area contributed by atoms with Crippen LogP contribution in [0.1, 0.15) is 17.0 Å². The highest BCUT2D eigenvalue weighted by Crippen LogP contribution is 2.23. The van der Waals surface area contributed by atoms with Gasteiger partial charge < -0.3 is 4.57 Å². The lowest BCUT2D eigenvalue weighted by Crippen LogP contribution is -2.10. The lowest BCUT2D eigenvalue weighted by atomic mass is 10.1. The molecule has 0 spiro atoms. The van der Waals surface area contributed by atoms with Crippen molar-refractivity contribution in [1.29, 1.82) is 0 Å². The van der Waals surface area contributed by atoms with Crippen LogP contribution in [0.25, 0.3) is 10.9 Å². The van der Waals surface area contributed by atoms with Crippen molar-refractivity contribution < 1.29 is 0 Å². The number of benzene rings is 1. The van der Waals surface area contributed by atoms with Gasteiger partial charge in [0.25, 0.3) is 5.56 Å². The van der Waals surface area contributed by atoms with Gasteiger partial charge in [-0.2, -0.15) is 5.10 Å². The van der Waals surface area contributed by atoms with Crippen LogP contribution in [-0.2, 0) is 7.05 Å². The van der Waals surface area contributed by atoms with Gasteiger partial charge in [0.2, 0.25) is 5.95 Å². The van der Waals surface area contributed by atoms with Crippen LogP contribution < -0.4 is 11.0 Å². The Morgan fingerprint density at radius 3 is 2.86 bits per heavy atom. The largest absolute Gasteiger partial charge is 0.347 e. The van der Waals surface area contributed by atoms with Crippen LogP contribution in [0.15, 0.2) is 40.2 Å². The number of para-hydroxylation sites is 1. The molecule has 6 heteroatoms. The van der Waals surface area contributed by atoms with Crippen LogP contribution in [-0.4, -0.2) is 20.7 Å². The van der Waals surface area contributed by atoms with Crippen LogP contribution in [0.5, 0.6) is 0 Å². The van der Waals surface area contributed by atoms with Crippen LogP contribution in [0.2, 0.25) is 0 Å². The maximum atomic E-state index is 11.4. The van der Waals surface area contributed by atoms with E-state index in [1.807, 2.05) is 26.1 Å². The van der Waals surface area contributed by atoms with E-state index in [1.54, 1.807) is 13.1 Å². The molecule has 0 amide bonds. The van der Waals surface area contributed by atoms with Gasteiger partial charge in [-0.05, 0) is 19.9 Å². The Kier molecular flexibility index (Phi) is 3.50. The Morgan fingerprint density at radius 1 is 1.32 bits per heavy atom. The molecule has 112 valence electrons. The van der Waals surface area contributed by atoms with Gasteiger partial charge in [-0.1, -0.05) is 18.2 Å². The molecule has 0 aliphatic heterocycles. The minimum absolute atomic E-state index is 0.202. The SMILES string of the molecule is Cc1cc(=O)[nH]c(N/N=C\c2c(C)n(C)c3ccccc23)n1. The third kappa shape index (κ3) is 2.50. The number of aromatic amines is 1. The van der Waals surface area contributed by atoms with E-state index in [-0.39, 0.29) is 5.56 Å². The maximum absolute atomic E-state index is 11.4. The first-order valence-electron chi connectivity index (χ1n) is 6.97. The fourth-order valence-corrected chi connectivity index (χ4v) is 2.50. The summed E-state index contributed by atoms with van der Waals surface area (Å²) in [6, 6.07) is 9.60. The molecule has 0 unspecified atom stereocenters. The van der Waals surface area contributed by atoms with Crippen molar-refractivity contribution in [3.05, 3.63) is 57.6 Å². The number of nitrogens with one attached hydrogen (secondary N) is 2. The number of rotatable bonds is 3. The Hall–Kier alpha value is -2.89. The van der Waals surface area contributed by atoms with Gasteiger partial charge >= 0.3 is 0 Å². The van der Waals surface area contributed by atoms with Gasteiger partial charge in [0.05, 0.1) is 6.21 Å². The second kappa shape index (κ2) is 5.48. The van der Waals surface area contributed by atoms with E-state index in [0.29, 0.717) is 11.6 Å². The van der Waals surface area contributed by atoms with Crippen LogP contribution in [0, 0.1) is 13.8 Å². The van der Waals surface area contributed by atoms with E-state index in [4.69, 9.17) is 0 Å². The molecule has 0 radical (unpaired) electrons. The molecule has 0 fully saturated rings. The lowest BCUT2D eigenvalue weighted by molar-refractivity contribution is 0.916. The van der Waals surface area contributed by atoms with Crippen molar-refractivity contribution in [2.75, 3.05) is 5.43 Å². The monoisotopic (exact) mass is 295 g/mol. The van der Waals surface area contributed by atoms with Crippen LogP contribution in [0.4, 0.5) is 5.95 Å². The topological polar surface area (TPSA) is 75.1 Å². The van der Waals surface area contributed by atoms with E-state index < -0.39 is 0 Å². The zero-order valence-corrected chi connectivity index (χ0v) is 12.7. The van der Waals surface area contributed by atoms with Gasteiger partial charge in [0.1, 0.15) is 0 Å². The predicted octanol–water partition coefficient (Wildman–Crippen LogP) is 2.32. The summed E-state index contributed by atoms with van der Waals surface area (Å²) in [6.45, 7) is 3.81. The van der Waals surface area contributed by atoms with Gasteiger partial charge in [-0.3, -0.25) is 9.78 Å². The average Bonchev–Trinajstić information content (AvgIpc) is 2.72. The van der Waals surface area contributed by atoms with Crippen LogP contribution in [0.3, 0.4) is 0 Å². The highest BCUT2D eigenvalue weighted by atomic mass is 16.1. The first kappa shape index (κ1) is 14.1. The summed E-state index contributed by atoms with van der Waals surface area (Å²) in [5.41, 5.74) is 6.53. The molecular weight excluding hydrogens is 278 g/mol. The minimum atomic E-state index is -0.202. The molecule has 0 bridgehead atoms. The van der Waals surface area contributed by atoms with E-state index in [1.165, 1.54) is 6.07 Å². The molecule has 3 aromatic rings. The molecule has 0 aliphatic carbocycles. The molecule has 1 aromatic carbocycles. The normalized spacial score (nSPS) is 11.4. The minimum Gasteiger partial charge on any atom is -0.347 e.